The van der Waals surface area contributed by atoms with Crippen LogP contribution in [0.25, 0.3) is 0 Å². The molecule has 2 aromatic rings. The predicted octanol–water partition coefficient (Wildman–Crippen LogP) is 4.65. The third kappa shape index (κ3) is 4.69. The van der Waals surface area contributed by atoms with Crippen molar-refractivity contribution < 1.29 is 4.43 Å². The van der Waals surface area contributed by atoms with Gasteiger partial charge in [-0.3, -0.25) is 0 Å². The van der Waals surface area contributed by atoms with Crippen molar-refractivity contribution in [1.29, 1.82) is 0 Å². The summed E-state index contributed by atoms with van der Waals surface area (Å²) in [6.07, 6.45) is 1.05. The first-order valence-corrected chi connectivity index (χ1v) is 10.0. The molecule has 0 radical (unpaired) electrons. The van der Waals surface area contributed by atoms with Crippen LogP contribution in [0.3, 0.4) is 0 Å². The molecule has 0 aliphatic carbocycles. The molecule has 0 amide bonds. The minimum absolute atomic E-state index is 0.817. The largest absolute Gasteiger partial charge is 0.412 e. The van der Waals surface area contributed by atoms with Gasteiger partial charge >= 0.3 is 0 Å². The maximum atomic E-state index is 6.36. The number of hydrogen-bond donors (Lipinski definition) is 0. The molecule has 0 unspecified atom stereocenters. The van der Waals surface area contributed by atoms with Gasteiger partial charge in [-0.25, -0.2) is 0 Å². The van der Waals surface area contributed by atoms with E-state index in [2.05, 4.69) is 79.9 Å². The lowest BCUT2D eigenvalue weighted by molar-refractivity contribution is 0.304. The lowest BCUT2D eigenvalue weighted by Crippen LogP contribution is -2.43. The molecule has 110 valence electrons. The Bertz CT molecular complexity index is 495. The van der Waals surface area contributed by atoms with Gasteiger partial charge in [-0.1, -0.05) is 73.3 Å². The zero-order chi connectivity index (χ0) is 15.0. The first-order chi connectivity index (χ1) is 10.3. The summed E-state index contributed by atoms with van der Waals surface area (Å²) in [7, 11) is -2.01. The Morgan fingerprint density at radius 3 is 1.76 bits per heavy atom. The molecule has 0 spiro atoms. The molecule has 0 bridgehead atoms. The summed E-state index contributed by atoms with van der Waals surface area (Å²) in [4.78, 5) is 0. The highest BCUT2D eigenvalue weighted by atomic mass is 28.4. The van der Waals surface area contributed by atoms with E-state index < -0.39 is 8.32 Å². The van der Waals surface area contributed by atoms with Gasteiger partial charge in [0.15, 0.2) is 0 Å². The Morgan fingerprint density at radius 2 is 1.38 bits per heavy atom. The lowest BCUT2D eigenvalue weighted by atomic mass is 10.2. The fraction of sp³-hybridized carbons (Fsp3) is 0.263. The van der Waals surface area contributed by atoms with Gasteiger partial charge in [0.2, 0.25) is 8.32 Å². The normalized spacial score (nSPS) is 11.3. The second-order valence-corrected chi connectivity index (χ2v) is 8.98. The molecule has 2 heteroatoms. The van der Waals surface area contributed by atoms with Crippen LogP contribution in [0.1, 0.15) is 24.5 Å². The summed E-state index contributed by atoms with van der Waals surface area (Å²) in [6, 6.07) is 23.2. The molecule has 1 nitrogen and oxygen atoms in total. The quantitative estimate of drug-likeness (QED) is 0.644. The topological polar surface area (TPSA) is 9.23 Å². The molecular weight excluding hydrogens is 272 g/mol. The van der Waals surface area contributed by atoms with E-state index in [0.717, 1.165) is 25.1 Å². The predicted molar refractivity (Wildman–Crippen MR) is 92.5 cm³/mol. The van der Waals surface area contributed by atoms with Crippen molar-refractivity contribution in [2.45, 2.75) is 25.4 Å². The second-order valence-electron chi connectivity index (χ2n) is 5.44. The molecule has 0 saturated carbocycles. The monoisotopic (exact) mass is 296 g/mol. The molecule has 0 aliphatic rings. The number of rotatable bonds is 8. The molecule has 21 heavy (non-hydrogen) atoms. The van der Waals surface area contributed by atoms with Gasteiger partial charge in [0.1, 0.15) is 0 Å². The second kappa shape index (κ2) is 7.96. The molecule has 0 N–H and O–H groups in total. The molecular formula is C19H24OSi. The Balaban J connectivity index is 2.22. The summed E-state index contributed by atoms with van der Waals surface area (Å²) in [6.45, 7) is 7.09. The molecule has 0 aromatic heterocycles. The van der Waals surface area contributed by atoms with E-state index >= 15 is 0 Å². The van der Waals surface area contributed by atoms with Crippen molar-refractivity contribution >= 4 is 8.32 Å². The van der Waals surface area contributed by atoms with Gasteiger partial charge in [-0.2, -0.15) is 0 Å². The van der Waals surface area contributed by atoms with E-state index in [1.165, 1.54) is 11.1 Å². The van der Waals surface area contributed by atoms with Crippen LogP contribution in [0.4, 0.5) is 0 Å². The van der Waals surface area contributed by atoms with Crippen LogP contribution in [0.15, 0.2) is 72.9 Å². The average molecular weight is 296 g/mol. The number of hydrogen-bond acceptors (Lipinski definition) is 1. The Kier molecular flexibility index (Phi) is 5.97. The van der Waals surface area contributed by atoms with Crippen LogP contribution in [0.2, 0.25) is 0 Å². The summed E-state index contributed by atoms with van der Waals surface area (Å²) < 4.78 is 6.36. The summed E-state index contributed by atoms with van der Waals surface area (Å²) in [5.41, 5.74) is 4.80. The van der Waals surface area contributed by atoms with Crippen LogP contribution in [-0.4, -0.2) is 14.9 Å². The third-order valence-corrected chi connectivity index (χ3v) is 7.19. The molecule has 2 aromatic carbocycles. The van der Waals surface area contributed by atoms with E-state index in [1.807, 2.05) is 0 Å². The summed E-state index contributed by atoms with van der Waals surface area (Å²) in [5.74, 6) is 0. The van der Waals surface area contributed by atoms with Crippen LogP contribution in [-0.2, 0) is 16.5 Å². The van der Waals surface area contributed by atoms with Crippen LogP contribution in [0, 0.1) is 0 Å². The zero-order valence-corrected chi connectivity index (χ0v) is 13.8. The van der Waals surface area contributed by atoms with Crippen LogP contribution >= 0.6 is 0 Å². The number of benzene rings is 2. The lowest BCUT2D eigenvalue weighted by Gasteiger charge is -2.28. The van der Waals surface area contributed by atoms with Gasteiger partial charge in [-0.15, -0.1) is 6.58 Å². The first-order valence-electron chi connectivity index (χ1n) is 7.63. The van der Waals surface area contributed by atoms with E-state index in [-0.39, 0.29) is 0 Å². The van der Waals surface area contributed by atoms with Crippen molar-refractivity contribution in [3.8, 4) is 0 Å². The van der Waals surface area contributed by atoms with Crippen molar-refractivity contribution in [3.05, 3.63) is 84.1 Å². The highest BCUT2D eigenvalue weighted by Gasteiger charge is 2.32. The molecule has 2 rings (SSSR count). The summed E-state index contributed by atoms with van der Waals surface area (Å²) in [5, 5.41) is 0. The van der Waals surface area contributed by atoms with E-state index in [1.54, 1.807) is 0 Å². The van der Waals surface area contributed by atoms with Crippen LogP contribution in [0.5, 0.6) is 0 Å². The van der Waals surface area contributed by atoms with Gasteiger partial charge in [-0.05, 0) is 29.6 Å². The summed E-state index contributed by atoms with van der Waals surface area (Å²) >= 11 is 0. The van der Waals surface area contributed by atoms with Gasteiger partial charge in [0.05, 0.1) is 0 Å². The standard InChI is InChI=1S/C19H24OSi/c1-3-15-20-21(4-2,16-18-11-7-5-8-12-18)17-19-13-9-6-10-14-19/h4-14H,2-3,15-17H2,1H3. The molecule has 0 fully saturated rings. The molecule has 0 aliphatic heterocycles. The third-order valence-electron chi connectivity index (χ3n) is 3.66. The van der Waals surface area contributed by atoms with E-state index in [4.69, 9.17) is 4.43 Å². The highest BCUT2D eigenvalue weighted by Crippen LogP contribution is 2.20. The maximum Gasteiger partial charge on any atom is 0.225 e. The Morgan fingerprint density at radius 1 is 0.905 bits per heavy atom. The van der Waals surface area contributed by atoms with E-state index in [9.17, 15) is 0 Å². The van der Waals surface area contributed by atoms with Gasteiger partial charge in [0, 0.05) is 6.61 Å². The van der Waals surface area contributed by atoms with E-state index in [0.29, 0.717) is 0 Å². The fourth-order valence-corrected chi connectivity index (χ4v) is 5.76. The van der Waals surface area contributed by atoms with Crippen LogP contribution < -0.4 is 0 Å². The zero-order valence-electron chi connectivity index (χ0n) is 12.8. The highest BCUT2D eigenvalue weighted by molar-refractivity contribution is 6.77. The Labute approximate surface area is 129 Å². The minimum Gasteiger partial charge on any atom is -0.412 e. The SMILES string of the molecule is C=C[Si](Cc1ccccc1)(Cc1ccccc1)OCCC. The maximum absolute atomic E-state index is 6.36. The van der Waals surface area contributed by atoms with Crippen molar-refractivity contribution in [2.24, 2.45) is 0 Å². The van der Waals surface area contributed by atoms with Gasteiger partial charge in [0.25, 0.3) is 0 Å². The van der Waals surface area contributed by atoms with Crippen molar-refractivity contribution in [1.82, 2.24) is 0 Å². The molecule has 0 saturated heterocycles. The molecule has 0 atom stereocenters. The average Bonchev–Trinajstić information content (AvgIpc) is 2.54. The van der Waals surface area contributed by atoms with Crippen molar-refractivity contribution in [2.75, 3.05) is 6.61 Å². The smallest absolute Gasteiger partial charge is 0.225 e. The fourth-order valence-electron chi connectivity index (χ4n) is 2.56. The van der Waals surface area contributed by atoms with Gasteiger partial charge < -0.3 is 4.43 Å². The first kappa shape index (κ1) is 15.7. The minimum atomic E-state index is -2.01. The van der Waals surface area contributed by atoms with Crippen molar-refractivity contribution in [3.63, 3.8) is 0 Å². The Hall–Kier alpha value is -1.64. The molecule has 0 heterocycles.